The fraction of sp³-hybridized carbons (Fsp3) is 0.400. The number of carbonyl (C=O) groups is 1. The van der Waals surface area contributed by atoms with Crippen LogP contribution in [0, 0.1) is 0 Å². The van der Waals surface area contributed by atoms with Crippen LogP contribution in [-0.4, -0.2) is 38.8 Å². The van der Waals surface area contributed by atoms with Gasteiger partial charge in [0.25, 0.3) is 5.91 Å². The van der Waals surface area contributed by atoms with Crippen molar-refractivity contribution in [1.82, 2.24) is 4.98 Å². The minimum Gasteiger partial charge on any atom is -0.372 e. The van der Waals surface area contributed by atoms with E-state index in [0.717, 1.165) is 6.26 Å². The van der Waals surface area contributed by atoms with Gasteiger partial charge in [-0.1, -0.05) is 0 Å². The highest BCUT2D eigenvalue weighted by atomic mass is 32.2. The smallest absolute Gasteiger partial charge is 0.253 e. The summed E-state index contributed by atoms with van der Waals surface area (Å²) in [5, 5.41) is 2.52. The Hall–Kier alpha value is -1.47. The molecule has 1 aromatic rings. The van der Waals surface area contributed by atoms with Gasteiger partial charge in [0.2, 0.25) is 0 Å². The van der Waals surface area contributed by atoms with Crippen LogP contribution in [0.25, 0.3) is 0 Å². The van der Waals surface area contributed by atoms with Gasteiger partial charge in [-0.2, -0.15) is 0 Å². The zero-order valence-corrected chi connectivity index (χ0v) is 10.6. The summed E-state index contributed by atoms with van der Waals surface area (Å²) in [7, 11) is -1.89. The molecular weight excluding hydrogens is 244 g/mol. The van der Waals surface area contributed by atoms with Crippen molar-refractivity contribution < 1.29 is 17.9 Å². The topological polar surface area (TPSA) is 85.4 Å². The van der Waals surface area contributed by atoms with E-state index in [-0.39, 0.29) is 10.9 Å². The molecule has 1 unspecified atom stereocenters. The van der Waals surface area contributed by atoms with Crippen molar-refractivity contribution in [2.45, 2.75) is 18.1 Å². The molecule has 0 saturated carbocycles. The standard InChI is InChI=1S/C10H14N2O4S/c1-7(16-2)10(13)12-8-4-5-9(11-6-8)17(3,14)15/h4-7H,1-3H3,(H,12,13). The molecule has 94 valence electrons. The molecule has 1 N–H and O–H groups in total. The van der Waals surface area contributed by atoms with Gasteiger partial charge in [0.1, 0.15) is 6.10 Å². The molecule has 1 aromatic heterocycles. The number of amides is 1. The second kappa shape index (κ2) is 5.24. The second-order valence-electron chi connectivity index (χ2n) is 3.52. The van der Waals surface area contributed by atoms with Gasteiger partial charge in [0.15, 0.2) is 14.9 Å². The molecule has 1 heterocycles. The van der Waals surface area contributed by atoms with E-state index >= 15 is 0 Å². The van der Waals surface area contributed by atoms with Crippen molar-refractivity contribution in [3.63, 3.8) is 0 Å². The molecule has 0 radical (unpaired) electrons. The van der Waals surface area contributed by atoms with E-state index in [4.69, 9.17) is 4.74 Å². The summed E-state index contributed by atoms with van der Waals surface area (Å²) in [5.41, 5.74) is 0.423. The molecule has 0 bridgehead atoms. The summed E-state index contributed by atoms with van der Waals surface area (Å²) in [6, 6.07) is 2.81. The summed E-state index contributed by atoms with van der Waals surface area (Å²) in [6.45, 7) is 1.60. The van der Waals surface area contributed by atoms with Gasteiger partial charge in [-0.15, -0.1) is 0 Å². The summed E-state index contributed by atoms with van der Waals surface area (Å²) in [4.78, 5) is 15.2. The molecular formula is C10H14N2O4S. The summed E-state index contributed by atoms with van der Waals surface area (Å²) < 4.78 is 27.1. The molecule has 0 saturated heterocycles. The molecule has 0 fully saturated rings. The quantitative estimate of drug-likeness (QED) is 0.848. The Kier molecular flexibility index (Phi) is 4.19. The van der Waals surface area contributed by atoms with Crippen LogP contribution in [0.2, 0.25) is 0 Å². The average Bonchev–Trinajstić information content (AvgIpc) is 2.27. The SMILES string of the molecule is COC(C)C(=O)Nc1ccc(S(C)(=O)=O)nc1. The maximum atomic E-state index is 11.4. The van der Waals surface area contributed by atoms with E-state index in [9.17, 15) is 13.2 Å². The normalized spacial score (nSPS) is 13.1. The molecule has 0 aliphatic heterocycles. The highest BCUT2D eigenvalue weighted by Gasteiger charge is 2.13. The first-order chi connectivity index (χ1) is 7.84. The molecule has 0 aliphatic carbocycles. The lowest BCUT2D eigenvalue weighted by Crippen LogP contribution is -2.26. The molecule has 0 aliphatic rings. The van der Waals surface area contributed by atoms with Gasteiger partial charge in [0.05, 0.1) is 11.9 Å². The lowest BCUT2D eigenvalue weighted by atomic mass is 10.3. The average molecular weight is 258 g/mol. The number of ether oxygens (including phenoxy) is 1. The molecule has 6 nitrogen and oxygen atoms in total. The molecule has 0 aromatic carbocycles. The van der Waals surface area contributed by atoms with E-state index < -0.39 is 15.9 Å². The number of nitrogens with zero attached hydrogens (tertiary/aromatic N) is 1. The first-order valence-electron chi connectivity index (χ1n) is 4.84. The zero-order chi connectivity index (χ0) is 13.1. The van der Waals surface area contributed by atoms with Crippen molar-refractivity contribution in [3.8, 4) is 0 Å². The van der Waals surface area contributed by atoms with Gasteiger partial charge < -0.3 is 10.1 Å². The minimum absolute atomic E-state index is 0.0321. The molecule has 17 heavy (non-hydrogen) atoms. The van der Waals surface area contributed by atoms with E-state index in [1.54, 1.807) is 6.92 Å². The van der Waals surface area contributed by atoms with E-state index in [2.05, 4.69) is 10.3 Å². The maximum Gasteiger partial charge on any atom is 0.253 e. The number of hydrogen-bond donors (Lipinski definition) is 1. The number of methoxy groups -OCH3 is 1. The fourth-order valence-electron chi connectivity index (χ4n) is 1.02. The Bertz CT molecular complexity index is 496. The van der Waals surface area contributed by atoms with Crippen LogP contribution in [0.3, 0.4) is 0 Å². The number of rotatable bonds is 4. The predicted molar refractivity (Wildman–Crippen MR) is 62.4 cm³/mol. The predicted octanol–water partition coefficient (Wildman–Crippen LogP) is 0.458. The third kappa shape index (κ3) is 3.79. The largest absolute Gasteiger partial charge is 0.372 e. The monoisotopic (exact) mass is 258 g/mol. The van der Waals surface area contributed by atoms with E-state index in [1.165, 1.54) is 25.4 Å². The lowest BCUT2D eigenvalue weighted by molar-refractivity contribution is -0.124. The van der Waals surface area contributed by atoms with Crippen LogP contribution in [0.5, 0.6) is 0 Å². The molecule has 7 heteroatoms. The van der Waals surface area contributed by atoms with Crippen molar-refractivity contribution in [2.75, 3.05) is 18.7 Å². The van der Waals surface area contributed by atoms with Gasteiger partial charge in [-0.05, 0) is 19.1 Å². The number of hydrogen-bond acceptors (Lipinski definition) is 5. The summed E-state index contributed by atoms with van der Waals surface area (Å²) in [5.74, 6) is -0.318. The van der Waals surface area contributed by atoms with Crippen LogP contribution in [0.1, 0.15) is 6.92 Å². The van der Waals surface area contributed by atoms with Crippen LogP contribution < -0.4 is 5.32 Å². The molecule has 1 rings (SSSR count). The molecule has 1 atom stereocenters. The number of anilines is 1. The van der Waals surface area contributed by atoms with Crippen molar-refractivity contribution in [3.05, 3.63) is 18.3 Å². The van der Waals surface area contributed by atoms with Crippen molar-refractivity contribution in [1.29, 1.82) is 0 Å². The van der Waals surface area contributed by atoms with Crippen molar-refractivity contribution >= 4 is 21.4 Å². The number of carbonyl (C=O) groups excluding carboxylic acids is 1. The Morgan fingerprint density at radius 3 is 2.53 bits per heavy atom. The van der Waals surface area contributed by atoms with Gasteiger partial charge >= 0.3 is 0 Å². The molecule has 0 spiro atoms. The highest BCUT2D eigenvalue weighted by Crippen LogP contribution is 2.10. The third-order valence-electron chi connectivity index (χ3n) is 2.11. The number of pyridine rings is 1. The zero-order valence-electron chi connectivity index (χ0n) is 9.80. The number of aromatic nitrogens is 1. The van der Waals surface area contributed by atoms with Crippen LogP contribution in [0.15, 0.2) is 23.4 Å². The van der Waals surface area contributed by atoms with Crippen LogP contribution in [-0.2, 0) is 19.4 Å². The summed E-state index contributed by atoms with van der Waals surface area (Å²) in [6.07, 6.45) is 1.78. The van der Waals surface area contributed by atoms with Gasteiger partial charge in [0, 0.05) is 13.4 Å². The van der Waals surface area contributed by atoms with Crippen LogP contribution in [0.4, 0.5) is 5.69 Å². The minimum atomic E-state index is -3.32. The Balaban J connectivity index is 2.79. The lowest BCUT2D eigenvalue weighted by Gasteiger charge is -2.10. The molecule has 1 amide bonds. The van der Waals surface area contributed by atoms with Crippen molar-refractivity contribution in [2.24, 2.45) is 0 Å². The summed E-state index contributed by atoms with van der Waals surface area (Å²) >= 11 is 0. The maximum absolute atomic E-state index is 11.4. The first kappa shape index (κ1) is 13.6. The Morgan fingerprint density at radius 2 is 2.12 bits per heavy atom. The van der Waals surface area contributed by atoms with Gasteiger partial charge in [-0.25, -0.2) is 13.4 Å². The highest BCUT2D eigenvalue weighted by molar-refractivity contribution is 7.90. The Labute approximate surface area is 99.9 Å². The van der Waals surface area contributed by atoms with Crippen LogP contribution >= 0.6 is 0 Å². The number of nitrogens with one attached hydrogen (secondary N) is 1. The van der Waals surface area contributed by atoms with E-state index in [1.807, 2.05) is 0 Å². The third-order valence-corrected chi connectivity index (χ3v) is 3.11. The van der Waals surface area contributed by atoms with E-state index in [0.29, 0.717) is 5.69 Å². The number of sulfone groups is 1. The Morgan fingerprint density at radius 1 is 1.47 bits per heavy atom. The fourth-order valence-corrected chi connectivity index (χ4v) is 1.58. The van der Waals surface area contributed by atoms with Gasteiger partial charge in [-0.3, -0.25) is 4.79 Å². The second-order valence-corrected chi connectivity index (χ2v) is 5.49. The first-order valence-corrected chi connectivity index (χ1v) is 6.73.